The molecule has 140 valence electrons. The van der Waals surface area contributed by atoms with E-state index in [1.807, 2.05) is 6.07 Å². The van der Waals surface area contributed by atoms with Crippen LogP contribution in [0, 0.1) is 6.92 Å². The minimum absolute atomic E-state index is 0.0579. The molecular formula is C16H16Cl3N3O3S. The van der Waals surface area contributed by atoms with Gasteiger partial charge in [-0.2, -0.15) is 0 Å². The van der Waals surface area contributed by atoms with E-state index in [0.29, 0.717) is 11.3 Å². The molecule has 1 atom stereocenters. The van der Waals surface area contributed by atoms with Gasteiger partial charge in [0, 0.05) is 11.3 Å². The summed E-state index contributed by atoms with van der Waals surface area (Å²) >= 11 is 17.9. The molecule has 1 amide bonds. The molecule has 0 radical (unpaired) electrons. The van der Waals surface area contributed by atoms with E-state index in [-0.39, 0.29) is 4.90 Å². The van der Waals surface area contributed by atoms with Crippen molar-refractivity contribution in [2.75, 3.05) is 5.32 Å². The summed E-state index contributed by atoms with van der Waals surface area (Å²) in [4.78, 5) is 12.4. The zero-order valence-corrected chi connectivity index (χ0v) is 16.6. The maximum Gasteiger partial charge on any atom is 0.253 e. The standard InChI is InChI=1S/C16H16Cl3N3O3S/c1-10-4-2-3-5-13(10)14(23)22-15(16(17,18)19)21-11-6-8-12(9-7-11)26(20,24)25/h2-9,15,21H,1H3,(H,22,23)(H2,20,24,25)/t15-/m0/s1. The lowest BCUT2D eigenvalue weighted by molar-refractivity contribution is 0.0941. The summed E-state index contributed by atoms with van der Waals surface area (Å²) in [5.74, 6) is -0.423. The minimum atomic E-state index is -3.81. The summed E-state index contributed by atoms with van der Waals surface area (Å²) < 4.78 is 20.7. The molecule has 10 heteroatoms. The fourth-order valence-electron chi connectivity index (χ4n) is 2.14. The molecule has 26 heavy (non-hydrogen) atoms. The molecule has 6 nitrogen and oxygen atoms in total. The number of alkyl halides is 3. The molecule has 0 saturated heterocycles. The molecule has 4 N–H and O–H groups in total. The number of aryl methyl sites for hydroxylation is 1. The van der Waals surface area contributed by atoms with E-state index >= 15 is 0 Å². The van der Waals surface area contributed by atoms with Crippen LogP contribution in [0.1, 0.15) is 15.9 Å². The third-order valence-corrected chi connectivity index (χ3v) is 5.07. The molecule has 2 aromatic rings. The molecule has 0 fully saturated rings. The molecule has 2 aromatic carbocycles. The summed E-state index contributed by atoms with van der Waals surface area (Å²) in [6, 6.07) is 12.5. The number of hydrogen-bond acceptors (Lipinski definition) is 4. The van der Waals surface area contributed by atoms with E-state index in [9.17, 15) is 13.2 Å². The maximum atomic E-state index is 12.5. The van der Waals surface area contributed by atoms with Crippen molar-refractivity contribution in [3.63, 3.8) is 0 Å². The Hall–Kier alpha value is -1.51. The van der Waals surface area contributed by atoms with Crippen molar-refractivity contribution >= 4 is 56.4 Å². The lowest BCUT2D eigenvalue weighted by Crippen LogP contribution is -2.49. The Balaban J connectivity index is 2.21. The Kier molecular flexibility index (Phi) is 6.42. The highest BCUT2D eigenvalue weighted by molar-refractivity contribution is 7.89. The second-order valence-corrected chi connectivity index (χ2v) is 9.41. The molecule has 0 spiro atoms. The molecule has 2 rings (SSSR count). The summed E-state index contributed by atoms with van der Waals surface area (Å²) in [7, 11) is -3.81. The SMILES string of the molecule is Cc1ccccc1C(=O)N[C@H](Nc1ccc(S(N)(=O)=O)cc1)C(Cl)(Cl)Cl. The van der Waals surface area contributed by atoms with Gasteiger partial charge < -0.3 is 10.6 Å². The van der Waals surface area contributed by atoms with Crippen molar-refractivity contribution in [2.45, 2.75) is 21.8 Å². The number of sulfonamides is 1. The van der Waals surface area contributed by atoms with Gasteiger partial charge in [0.1, 0.15) is 6.17 Å². The average Bonchev–Trinajstić information content (AvgIpc) is 2.53. The first kappa shape index (κ1) is 20.8. The van der Waals surface area contributed by atoms with Gasteiger partial charge in [0.25, 0.3) is 5.91 Å². The van der Waals surface area contributed by atoms with Crippen LogP contribution < -0.4 is 15.8 Å². The van der Waals surface area contributed by atoms with Crippen molar-refractivity contribution in [3.8, 4) is 0 Å². The predicted molar refractivity (Wildman–Crippen MR) is 104 cm³/mol. The molecule has 0 heterocycles. The van der Waals surface area contributed by atoms with Crippen LogP contribution in [0.5, 0.6) is 0 Å². The third-order valence-electron chi connectivity index (χ3n) is 3.49. The quantitative estimate of drug-likeness (QED) is 0.495. The number of nitrogens with one attached hydrogen (secondary N) is 2. The molecular weight excluding hydrogens is 421 g/mol. The van der Waals surface area contributed by atoms with E-state index in [4.69, 9.17) is 39.9 Å². The summed E-state index contributed by atoms with van der Waals surface area (Å²) in [5.41, 5.74) is 1.64. The number of benzene rings is 2. The van der Waals surface area contributed by atoms with Crippen molar-refractivity contribution in [2.24, 2.45) is 5.14 Å². The maximum absolute atomic E-state index is 12.5. The highest BCUT2D eigenvalue weighted by Crippen LogP contribution is 2.31. The summed E-state index contributed by atoms with van der Waals surface area (Å²) in [6.45, 7) is 1.79. The van der Waals surface area contributed by atoms with Gasteiger partial charge in [-0.25, -0.2) is 13.6 Å². The van der Waals surface area contributed by atoms with E-state index in [1.54, 1.807) is 25.1 Å². The number of hydrogen-bond donors (Lipinski definition) is 3. The summed E-state index contributed by atoms with van der Waals surface area (Å²) in [5, 5.41) is 10.5. The van der Waals surface area contributed by atoms with E-state index in [0.717, 1.165) is 5.56 Å². The fraction of sp³-hybridized carbons (Fsp3) is 0.188. The lowest BCUT2D eigenvalue weighted by atomic mass is 10.1. The van der Waals surface area contributed by atoms with Crippen LogP contribution in [0.3, 0.4) is 0 Å². The Morgan fingerprint density at radius 2 is 1.65 bits per heavy atom. The fourth-order valence-corrected chi connectivity index (χ4v) is 2.99. The zero-order valence-electron chi connectivity index (χ0n) is 13.5. The van der Waals surface area contributed by atoms with Crippen LogP contribution >= 0.6 is 34.8 Å². The van der Waals surface area contributed by atoms with E-state index < -0.39 is 25.9 Å². The van der Waals surface area contributed by atoms with Gasteiger partial charge in [0.2, 0.25) is 13.8 Å². The normalized spacial score (nSPS) is 13.1. The van der Waals surface area contributed by atoms with Crippen molar-refractivity contribution in [3.05, 3.63) is 59.7 Å². The first-order chi connectivity index (χ1) is 12.0. The first-order valence-corrected chi connectivity index (χ1v) is 9.99. The van der Waals surface area contributed by atoms with E-state index in [1.165, 1.54) is 24.3 Å². The zero-order chi connectivity index (χ0) is 19.5. The number of rotatable bonds is 5. The third kappa shape index (κ3) is 5.49. The van der Waals surface area contributed by atoms with Gasteiger partial charge in [-0.15, -0.1) is 0 Å². The van der Waals surface area contributed by atoms with Crippen LogP contribution in [0.25, 0.3) is 0 Å². The first-order valence-electron chi connectivity index (χ1n) is 7.31. The van der Waals surface area contributed by atoms with Crippen LogP contribution in [-0.2, 0) is 10.0 Å². The smallest absolute Gasteiger partial charge is 0.253 e. The lowest BCUT2D eigenvalue weighted by Gasteiger charge is -2.27. The summed E-state index contributed by atoms with van der Waals surface area (Å²) in [6.07, 6.45) is -1.07. The molecule has 0 aliphatic rings. The second-order valence-electron chi connectivity index (χ2n) is 5.48. The molecule has 0 bridgehead atoms. The molecule has 0 aliphatic carbocycles. The Morgan fingerprint density at radius 3 is 2.15 bits per heavy atom. The number of amides is 1. The van der Waals surface area contributed by atoms with Gasteiger partial charge in [-0.1, -0.05) is 53.0 Å². The second kappa shape index (κ2) is 8.02. The van der Waals surface area contributed by atoms with Crippen LogP contribution in [-0.4, -0.2) is 24.3 Å². The number of anilines is 1. The van der Waals surface area contributed by atoms with Gasteiger partial charge in [0.15, 0.2) is 0 Å². The topological polar surface area (TPSA) is 101 Å². The van der Waals surface area contributed by atoms with Gasteiger partial charge in [-0.3, -0.25) is 4.79 Å². The molecule has 0 unspecified atom stereocenters. The van der Waals surface area contributed by atoms with Crippen molar-refractivity contribution in [1.29, 1.82) is 0 Å². The van der Waals surface area contributed by atoms with Crippen LogP contribution in [0.15, 0.2) is 53.4 Å². The van der Waals surface area contributed by atoms with Gasteiger partial charge in [-0.05, 0) is 42.8 Å². The van der Waals surface area contributed by atoms with Gasteiger partial charge in [0.05, 0.1) is 4.90 Å². The van der Waals surface area contributed by atoms with Crippen molar-refractivity contribution < 1.29 is 13.2 Å². The molecule has 0 aromatic heterocycles. The van der Waals surface area contributed by atoms with E-state index in [2.05, 4.69) is 10.6 Å². The monoisotopic (exact) mass is 435 g/mol. The highest BCUT2D eigenvalue weighted by Gasteiger charge is 2.34. The molecule has 0 aliphatic heterocycles. The number of primary sulfonamides is 1. The Morgan fingerprint density at radius 1 is 1.08 bits per heavy atom. The Labute approximate surface area is 166 Å². The van der Waals surface area contributed by atoms with Crippen LogP contribution in [0.2, 0.25) is 0 Å². The minimum Gasteiger partial charge on any atom is -0.362 e. The number of nitrogens with two attached hydrogens (primary N) is 1. The van der Waals surface area contributed by atoms with Crippen molar-refractivity contribution in [1.82, 2.24) is 5.32 Å². The molecule has 0 saturated carbocycles. The largest absolute Gasteiger partial charge is 0.362 e. The number of carbonyl (C=O) groups excluding carboxylic acids is 1. The number of carbonyl (C=O) groups is 1. The number of halogens is 3. The van der Waals surface area contributed by atoms with Crippen LogP contribution in [0.4, 0.5) is 5.69 Å². The average molecular weight is 437 g/mol. The Bertz CT molecular complexity index is 897. The predicted octanol–water partition coefficient (Wildman–Crippen LogP) is 3.18. The van der Waals surface area contributed by atoms with Gasteiger partial charge >= 0.3 is 0 Å². The highest BCUT2D eigenvalue weighted by atomic mass is 35.6.